The van der Waals surface area contributed by atoms with Crippen LogP contribution in [0, 0.1) is 5.82 Å². The van der Waals surface area contributed by atoms with E-state index in [1.165, 1.54) is 18.2 Å². The average molecular weight is 476 g/mol. The molecular weight excluding hydrogens is 457 g/mol. The molecule has 0 saturated heterocycles. The monoisotopic (exact) mass is 475 g/mol. The normalized spacial score (nSPS) is 13.4. The lowest BCUT2D eigenvalue weighted by molar-refractivity contribution is -0.131. The first-order valence-electron chi connectivity index (χ1n) is 10.6. The van der Waals surface area contributed by atoms with Gasteiger partial charge in [0.05, 0.1) is 10.7 Å². The van der Waals surface area contributed by atoms with Gasteiger partial charge in [-0.2, -0.15) is 10.1 Å². The Bertz CT molecular complexity index is 1410. The average Bonchev–Trinajstić information content (AvgIpc) is 3.57. The van der Waals surface area contributed by atoms with Gasteiger partial charge in [-0.3, -0.25) is 0 Å². The van der Waals surface area contributed by atoms with Gasteiger partial charge in [0.15, 0.2) is 5.82 Å². The highest BCUT2D eigenvalue weighted by atomic mass is 35.5. The first kappa shape index (κ1) is 21.8. The smallest absolute Gasteiger partial charge is 0.328 e. The van der Waals surface area contributed by atoms with E-state index in [0.717, 1.165) is 41.3 Å². The van der Waals surface area contributed by atoms with Crippen LogP contribution in [0.5, 0.6) is 0 Å². The topological polar surface area (TPSA) is 92.9 Å². The molecule has 34 heavy (non-hydrogen) atoms. The number of nitrogens with zero attached hydrogens (tertiary/aromatic N) is 4. The summed E-state index contributed by atoms with van der Waals surface area (Å²) < 4.78 is 15.2. The van der Waals surface area contributed by atoms with Crippen LogP contribution >= 0.6 is 11.6 Å². The van der Waals surface area contributed by atoms with Crippen LogP contribution in [0.2, 0.25) is 5.02 Å². The summed E-state index contributed by atoms with van der Waals surface area (Å²) in [4.78, 5) is 20.0. The van der Waals surface area contributed by atoms with Crippen molar-refractivity contribution in [1.29, 1.82) is 0 Å². The van der Waals surface area contributed by atoms with E-state index in [0.29, 0.717) is 23.4 Å². The molecule has 0 atom stereocenters. The fourth-order valence-corrected chi connectivity index (χ4v) is 3.73. The van der Waals surface area contributed by atoms with Gasteiger partial charge < -0.3 is 10.4 Å². The number of rotatable bonds is 7. The number of carbonyl (C=O) groups is 1. The molecule has 170 valence electrons. The predicted octanol–water partition coefficient (Wildman–Crippen LogP) is 5.84. The van der Waals surface area contributed by atoms with Crippen LogP contribution in [-0.2, 0) is 4.79 Å². The number of carboxylic acid groups (broad SMARTS) is 1. The maximum Gasteiger partial charge on any atom is 0.328 e. The number of hydrogen-bond acceptors (Lipinski definition) is 5. The molecule has 2 aromatic carbocycles. The van der Waals surface area contributed by atoms with E-state index in [1.807, 2.05) is 36.5 Å². The summed E-state index contributed by atoms with van der Waals surface area (Å²) in [5, 5.41) is 16.7. The van der Waals surface area contributed by atoms with Crippen molar-refractivity contribution in [3.63, 3.8) is 0 Å². The van der Waals surface area contributed by atoms with E-state index in [1.54, 1.807) is 16.9 Å². The Morgan fingerprint density at radius 1 is 1.21 bits per heavy atom. The highest BCUT2D eigenvalue weighted by Crippen LogP contribution is 2.39. The Morgan fingerprint density at radius 3 is 2.82 bits per heavy atom. The van der Waals surface area contributed by atoms with E-state index in [9.17, 15) is 9.18 Å². The molecule has 0 bridgehead atoms. The third-order valence-electron chi connectivity index (χ3n) is 5.38. The van der Waals surface area contributed by atoms with Gasteiger partial charge in [-0.15, -0.1) is 0 Å². The standard InChI is InChI=1S/C25H19ClFN5O2/c26-20-13-18(7-8-21(20)27)29-25-28-14-19(17-3-1-2-15(12-17)4-9-23(33)34)24(30-25)32-11-10-22(31-32)16-5-6-16/h1-4,7-14,16H,5-6H2,(H,33,34)(H,28,29,30)/b9-4+. The molecule has 5 rings (SSSR count). The molecule has 4 aromatic rings. The lowest BCUT2D eigenvalue weighted by Gasteiger charge is -2.12. The third-order valence-corrected chi connectivity index (χ3v) is 5.67. The second-order valence-electron chi connectivity index (χ2n) is 7.94. The zero-order valence-corrected chi connectivity index (χ0v) is 18.6. The van der Waals surface area contributed by atoms with Crippen molar-refractivity contribution in [2.24, 2.45) is 0 Å². The van der Waals surface area contributed by atoms with Gasteiger partial charge in [-0.25, -0.2) is 18.9 Å². The minimum absolute atomic E-state index is 0.00535. The Hall–Kier alpha value is -4.04. The van der Waals surface area contributed by atoms with Gasteiger partial charge >= 0.3 is 5.97 Å². The largest absolute Gasteiger partial charge is 0.478 e. The molecular formula is C25H19ClFN5O2. The number of carboxylic acids is 1. The van der Waals surface area contributed by atoms with Crippen LogP contribution in [-0.4, -0.2) is 30.8 Å². The number of hydrogen-bond donors (Lipinski definition) is 2. The van der Waals surface area contributed by atoms with Crippen molar-refractivity contribution in [2.45, 2.75) is 18.8 Å². The first-order valence-corrected chi connectivity index (χ1v) is 11.0. The number of benzene rings is 2. The van der Waals surface area contributed by atoms with Crippen molar-refractivity contribution < 1.29 is 14.3 Å². The fourth-order valence-electron chi connectivity index (χ4n) is 3.54. The maximum absolute atomic E-state index is 13.5. The van der Waals surface area contributed by atoms with Crippen LogP contribution in [0.15, 0.2) is 67.0 Å². The minimum Gasteiger partial charge on any atom is -0.478 e. The van der Waals surface area contributed by atoms with Crippen LogP contribution < -0.4 is 5.32 Å². The first-order chi connectivity index (χ1) is 16.5. The molecule has 0 amide bonds. The number of anilines is 2. The molecule has 1 aliphatic carbocycles. The van der Waals surface area contributed by atoms with Crippen molar-refractivity contribution >= 4 is 35.3 Å². The maximum atomic E-state index is 13.5. The lowest BCUT2D eigenvalue weighted by atomic mass is 10.0. The highest BCUT2D eigenvalue weighted by Gasteiger charge is 2.26. The van der Waals surface area contributed by atoms with Crippen LogP contribution in [0.1, 0.15) is 30.0 Å². The summed E-state index contributed by atoms with van der Waals surface area (Å²) >= 11 is 5.90. The van der Waals surface area contributed by atoms with Crippen LogP contribution in [0.25, 0.3) is 23.0 Å². The molecule has 2 aromatic heterocycles. The summed E-state index contributed by atoms with van der Waals surface area (Å²) in [6, 6.07) is 13.7. The summed E-state index contributed by atoms with van der Waals surface area (Å²) in [6.45, 7) is 0. The summed E-state index contributed by atoms with van der Waals surface area (Å²) in [5.74, 6) is -0.196. The van der Waals surface area contributed by atoms with E-state index < -0.39 is 11.8 Å². The molecule has 0 unspecified atom stereocenters. The fraction of sp³-hybridized carbons (Fsp3) is 0.120. The third kappa shape index (κ3) is 4.82. The zero-order valence-electron chi connectivity index (χ0n) is 17.8. The molecule has 0 radical (unpaired) electrons. The summed E-state index contributed by atoms with van der Waals surface area (Å²) in [6.07, 6.45) is 8.42. The summed E-state index contributed by atoms with van der Waals surface area (Å²) in [5.41, 5.74) is 3.82. The molecule has 2 heterocycles. The Balaban J connectivity index is 1.56. The summed E-state index contributed by atoms with van der Waals surface area (Å²) in [7, 11) is 0. The highest BCUT2D eigenvalue weighted by molar-refractivity contribution is 6.31. The van der Waals surface area contributed by atoms with Crippen LogP contribution in [0.3, 0.4) is 0 Å². The lowest BCUT2D eigenvalue weighted by Crippen LogP contribution is -2.06. The quantitative estimate of drug-likeness (QED) is 0.326. The molecule has 7 nitrogen and oxygen atoms in total. The van der Waals surface area contributed by atoms with Crippen molar-refractivity contribution in [3.05, 3.63) is 89.1 Å². The van der Waals surface area contributed by atoms with Gasteiger partial charge in [0.1, 0.15) is 5.82 Å². The zero-order chi connectivity index (χ0) is 23.7. The second-order valence-corrected chi connectivity index (χ2v) is 8.35. The SMILES string of the molecule is O=C(O)/C=C/c1cccc(-c2cnc(Nc3ccc(F)c(Cl)c3)nc2-n2ccc(C3CC3)n2)c1. The van der Waals surface area contributed by atoms with E-state index in [-0.39, 0.29) is 5.02 Å². The van der Waals surface area contributed by atoms with E-state index in [2.05, 4.69) is 10.3 Å². The van der Waals surface area contributed by atoms with Gasteiger partial charge in [0.2, 0.25) is 5.95 Å². The van der Waals surface area contributed by atoms with Gasteiger partial charge in [0.25, 0.3) is 0 Å². The van der Waals surface area contributed by atoms with Gasteiger partial charge in [-0.1, -0.05) is 29.8 Å². The molecule has 2 N–H and O–H groups in total. The molecule has 9 heteroatoms. The van der Waals surface area contributed by atoms with E-state index in [4.69, 9.17) is 26.8 Å². The second kappa shape index (κ2) is 9.07. The van der Waals surface area contributed by atoms with Crippen molar-refractivity contribution in [2.75, 3.05) is 5.32 Å². The van der Waals surface area contributed by atoms with E-state index >= 15 is 0 Å². The number of aromatic nitrogens is 4. The van der Waals surface area contributed by atoms with Crippen molar-refractivity contribution in [3.8, 4) is 16.9 Å². The van der Waals surface area contributed by atoms with Crippen molar-refractivity contribution in [1.82, 2.24) is 19.7 Å². The number of halogens is 2. The number of nitrogens with one attached hydrogen (secondary N) is 1. The Kier molecular flexibility index (Phi) is 5.81. The number of aliphatic carboxylic acids is 1. The van der Waals surface area contributed by atoms with Crippen LogP contribution in [0.4, 0.5) is 16.0 Å². The minimum atomic E-state index is -1.02. The Labute approximate surface area is 199 Å². The van der Waals surface area contributed by atoms with Gasteiger partial charge in [0, 0.05) is 35.6 Å². The predicted molar refractivity (Wildman–Crippen MR) is 128 cm³/mol. The molecule has 1 fully saturated rings. The molecule has 0 aliphatic heterocycles. The van der Waals surface area contributed by atoms with Gasteiger partial charge in [-0.05, 0) is 60.4 Å². The Morgan fingerprint density at radius 2 is 2.06 bits per heavy atom. The molecule has 1 saturated carbocycles. The molecule has 0 spiro atoms. The molecule has 1 aliphatic rings.